The molecule has 1 N–H and O–H groups in total. The SMILES string of the molecule is N#Cc1cnc(NC(=O)Cn2nc(C(F)F)c3c(F)c(Br)ccc3c2=O)nc1. The first kappa shape index (κ1) is 19.4. The molecule has 0 aliphatic carbocycles. The van der Waals surface area contributed by atoms with Crippen molar-refractivity contribution in [1.29, 1.82) is 5.26 Å². The lowest BCUT2D eigenvalue weighted by Crippen LogP contribution is -2.31. The molecule has 0 bridgehead atoms. The van der Waals surface area contributed by atoms with Gasteiger partial charge in [0.05, 0.1) is 33.2 Å². The maximum Gasteiger partial charge on any atom is 0.282 e. The summed E-state index contributed by atoms with van der Waals surface area (Å²) in [5.41, 5.74) is -1.71. The van der Waals surface area contributed by atoms with E-state index in [1.54, 1.807) is 6.07 Å². The van der Waals surface area contributed by atoms with Crippen LogP contribution in [0.4, 0.5) is 19.1 Å². The molecule has 12 heteroatoms. The van der Waals surface area contributed by atoms with E-state index in [2.05, 4.69) is 36.3 Å². The van der Waals surface area contributed by atoms with Crippen molar-refractivity contribution in [2.45, 2.75) is 13.0 Å². The van der Waals surface area contributed by atoms with Crippen molar-refractivity contribution >= 4 is 38.6 Å². The Morgan fingerprint density at radius 1 is 1.32 bits per heavy atom. The number of anilines is 1. The van der Waals surface area contributed by atoms with E-state index in [1.807, 2.05) is 0 Å². The summed E-state index contributed by atoms with van der Waals surface area (Å²) in [6.07, 6.45) is -0.847. The summed E-state index contributed by atoms with van der Waals surface area (Å²) < 4.78 is 41.4. The van der Waals surface area contributed by atoms with Crippen molar-refractivity contribution in [3.8, 4) is 6.07 Å². The molecule has 3 rings (SSSR count). The highest BCUT2D eigenvalue weighted by Crippen LogP contribution is 2.29. The molecule has 3 aromatic rings. The fourth-order valence-electron chi connectivity index (χ4n) is 2.35. The first-order chi connectivity index (χ1) is 13.3. The first-order valence-electron chi connectivity index (χ1n) is 7.50. The second kappa shape index (κ2) is 7.73. The molecule has 2 aromatic heterocycles. The summed E-state index contributed by atoms with van der Waals surface area (Å²) in [7, 11) is 0. The van der Waals surface area contributed by atoms with E-state index >= 15 is 0 Å². The number of carbonyl (C=O) groups excluding carboxylic acids is 1. The van der Waals surface area contributed by atoms with Crippen molar-refractivity contribution in [3.63, 3.8) is 0 Å². The fraction of sp³-hybridized carbons (Fsp3) is 0.125. The lowest BCUT2D eigenvalue weighted by molar-refractivity contribution is -0.117. The van der Waals surface area contributed by atoms with Crippen LogP contribution in [0.15, 0.2) is 33.8 Å². The Labute approximate surface area is 162 Å². The van der Waals surface area contributed by atoms with Gasteiger partial charge in [0.1, 0.15) is 24.1 Å². The highest BCUT2D eigenvalue weighted by Gasteiger charge is 2.23. The van der Waals surface area contributed by atoms with E-state index in [4.69, 9.17) is 5.26 Å². The molecule has 2 heterocycles. The van der Waals surface area contributed by atoms with Crippen molar-refractivity contribution < 1.29 is 18.0 Å². The third-order valence-electron chi connectivity index (χ3n) is 3.58. The van der Waals surface area contributed by atoms with Crippen molar-refractivity contribution in [1.82, 2.24) is 19.7 Å². The van der Waals surface area contributed by atoms with Crippen LogP contribution in [0.1, 0.15) is 17.7 Å². The Kier molecular flexibility index (Phi) is 5.36. The van der Waals surface area contributed by atoms with E-state index in [9.17, 15) is 22.8 Å². The molecule has 0 aliphatic rings. The van der Waals surface area contributed by atoms with Crippen LogP contribution in [0.5, 0.6) is 0 Å². The lowest BCUT2D eigenvalue weighted by Gasteiger charge is -2.11. The number of rotatable bonds is 4. The molecule has 0 spiro atoms. The average Bonchev–Trinajstić information content (AvgIpc) is 2.67. The number of nitrogens with zero attached hydrogens (tertiary/aromatic N) is 5. The minimum atomic E-state index is -3.18. The number of hydrogen-bond acceptors (Lipinski definition) is 6. The van der Waals surface area contributed by atoms with Crippen LogP contribution in [0.25, 0.3) is 10.8 Å². The number of amides is 1. The third-order valence-corrected chi connectivity index (χ3v) is 4.19. The smallest absolute Gasteiger partial charge is 0.282 e. The quantitative estimate of drug-likeness (QED) is 0.650. The Morgan fingerprint density at radius 3 is 2.61 bits per heavy atom. The van der Waals surface area contributed by atoms with Gasteiger partial charge in [-0.25, -0.2) is 27.8 Å². The molecule has 0 radical (unpaired) electrons. The van der Waals surface area contributed by atoms with Crippen molar-refractivity contribution in [2.75, 3.05) is 5.32 Å². The van der Waals surface area contributed by atoms with Gasteiger partial charge in [-0.2, -0.15) is 10.4 Å². The molecule has 0 aliphatic heterocycles. The molecular weight excluding hydrogens is 445 g/mol. The van der Waals surface area contributed by atoms with Crippen molar-refractivity contribution in [2.24, 2.45) is 0 Å². The predicted molar refractivity (Wildman–Crippen MR) is 94.0 cm³/mol. The van der Waals surface area contributed by atoms with Gasteiger partial charge in [0, 0.05) is 0 Å². The molecular formula is C16H8BrF3N6O2. The van der Waals surface area contributed by atoms with Gasteiger partial charge in [-0.1, -0.05) is 0 Å². The minimum Gasteiger partial charge on any atom is -0.293 e. The summed E-state index contributed by atoms with van der Waals surface area (Å²) in [4.78, 5) is 32.0. The average molecular weight is 453 g/mol. The molecule has 8 nitrogen and oxygen atoms in total. The summed E-state index contributed by atoms with van der Waals surface area (Å²) in [5.74, 6) is -2.02. The number of carbonyl (C=O) groups is 1. The van der Waals surface area contributed by atoms with Gasteiger partial charge in [-0.05, 0) is 28.1 Å². The maximum absolute atomic E-state index is 14.3. The van der Waals surface area contributed by atoms with Crippen LogP contribution in [-0.2, 0) is 11.3 Å². The van der Waals surface area contributed by atoms with E-state index in [1.165, 1.54) is 18.5 Å². The van der Waals surface area contributed by atoms with Gasteiger partial charge in [-0.3, -0.25) is 14.9 Å². The summed E-state index contributed by atoms with van der Waals surface area (Å²) in [6.45, 7) is -0.727. The zero-order valence-corrected chi connectivity index (χ0v) is 15.2. The molecule has 142 valence electrons. The summed E-state index contributed by atoms with van der Waals surface area (Å²) >= 11 is 2.88. The summed E-state index contributed by atoms with van der Waals surface area (Å²) in [5, 5.41) is 13.4. The number of nitriles is 1. The normalized spacial score (nSPS) is 10.9. The fourth-order valence-corrected chi connectivity index (χ4v) is 2.68. The molecule has 0 atom stereocenters. The lowest BCUT2D eigenvalue weighted by atomic mass is 10.1. The Bertz CT molecular complexity index is 1170. The second-order valence-electron chi connectivity index (χ2n) is 5.39. The number of fused-ring (bicyclic) bond motifs is 1. The number of hydrogen-bond donors (Lipinski definition) is 1. The van der Waals surface area contributed by atoms with Gasteiger partial charge < -0.3 is 0 Å². The van der Waals surface area contributed by atoms with Crippen molar-refractivity contribution in [3.05, 3.63) is 56.4 Å². The molecule has 1 amide bonds. The Hall–Kier alpha value is -3.33. The van der Waals surface area contributed by atoms with E-state index in [0.717, 1.165) is 6.07 Å². The summed E-state index contributed by atoms with van der Waals surface area (Å²) in [6, 6.07) is 4.16. The number of nitrogens with one attached hydrogen (secondary N) is 1. The highest BCUT2D eigenvalue weighted by molar-refractivity contribution is 9.10. The van der Waals surface area contributed by atoms with Gasteiger partial charge in [-0.15, -0.1) is 0 Å². The molecule has 0 saturated carbocycles. The third kappa shape index (κ3) is 3.70. The predicted octanol–water partition coefficient (Wildman–Crippen LogP) is 2.54. The zero-order chi connectivity index (χ0) is 20.4. The standard InChI is InChI=1S/C16H8BrF3N6O2/c17-9-2-1-8-11(12(9)18)13(14(19)20)25-26(15(8)28)6-10(27)24-16-22-4-7(3-21)5-23-16/h1-2,4-5,14H,6H2,(H,22,23,24,27). The van der Waals surface area contributed by atoms with Gasteiger partial charge in [0.2, 0.25) is 11.9 Å². The first-order valence-corrected chi connectivity index (χ1v) is 8.30. The minimum absolute atomic E-state index is 0.100. The van der Waals surface area contributed by atoms with Crippen LogP contribution in [0.2, 0.25) is 0 Å². The van der Waals surface area contributed by atoms with E-state index in [0.29, 0.717) is 4.68 Å². The van der Waals surface area contributed by atoms with Crippen LogP contribution in [0, 0.1) is 17.1 Å². The Morgan fingerprint density at radius 2 is 2.00 bits per heavy atom. The Balaban J connectivity index is 1.97. The largest absolute Gasteiger partial charge is 0.293 e. The van der Waals surface area contributed by atoms with E-state index in [-0.39, 0.29) is 21.4 Å². The monoisotopic (exact) mass is 452 g/mol. The van der Waals surface area contributed by atoms with Gasteiger partial charge >= 0.3 is 0 Å². The molecule has 1 aromatic carbocycles. The molecule has 0 unspecified atom stereocenters. The van der Waals surface area contributed by atoms with Crippen LogP contribution in [0.3, 0.4) is 0 Å². The van der Waals surface area contributed by atoms with Crippen LogP contribution < -0.4 is 10.9 Å². The molecule has 0 saturated heterocycles. The van der Waals surface area contributed by atoms with Gasteiger partial charge in [0.15, 0.2) is 0 Å². The number of aromatic nitrogens is 4. The number of benzene rings is 1. The number of halogens is 4. The topological polar surface area (TPSA) is 114 Å². The van der Waals surface area contributed by atoms with E-state index < -0.39 is 41.3 Å². The highest BCUT2D eigenvalue weighted by atomic mass is 79.9. The zero-order valence-electron chi connectivity index (χ0n) is 13.7. The maximum atomic E-state index is 14.3. The van der Waals surface area contributed by atoms with Crippen LogP contribution >= 0.6 is 15.9 Å². The molecule has 28 heavy (non-hydrogen) atoms. The van der Waals surface area contributed by atoms with Crippen LogP contribution in [-0.4, -0.2) is 25.7 Å². The molecule has 0 fully saturated rings. The second-order valence-corrected chi connectivity index (χ2v) is 6.24. The van der Waals surface area contributed by atoms with Gasteiger partial charge in [0.25, 0.3) is 12.0 Å². The number of alkyl halides is 2.